The molecular weight excluding hydrogens is 192 g/mol. The summed E-state index contributed by atoms with van der Waals surface area (Å²) in [6.07, 6.45) is 2.48. The lowest BCUT2D eigenvalue weighted by molar-refractivity contribution is 0.0154. The van der Waals surface area contributed by atoms with E-state index in [9.17, 15) is 0 Å². The van der Waals surface area contributed by atoms with Crippen molar-refractivity contribution in [3.8, 4) is 0 Å². The fourth-order valence-corrected chi connectivity index (χ4v) is 1.21. The predicted molar refractivity (Wildman–Crippen MR) is 58.5 cm³/mol. The van der Waals surface area contributed by atoms with Crippen LogP contribution >= 0.6 is 0 Å². The Labute approximate surface area is 90.6 Å². The minimum Gasteiger partial charge on any atom is -0.379 e. The van der Waals surface area contributed by atoms with Crippen molar-refractivity contribution in [3.63, 3.8) is 0 Å². The van der Waals surface area contributed by atoms with Gasteiger partial charge in [0.1, 0.15) is 12.2 Å². The van der Waals surface area contributed by atoms with Crippen molar-refractivity contribution in [3.05, 3.63) is 12.2 Å². The van der Waals surface area contributed by atoms with Crippen molar-refractivity contribution in [2.24, 2.45) is 0 Å². The number of ether oxygens (including phenoxy) is 1. The van der Waals surface area contributed by atoms with E-state index in [1.807, 2.05) is 0 Å². The van der Waals surface area contributed by atoms with E-state index in [-0.39, 0.29) is 11.6 Å². The largest absolute Gasteiger partial charge is 0.379 e. The highest BCUT2D eigenvalue weighted by Crippen LogP contribution is 2.12. The molecule has 0 amide bonds. The summed E-state index contributed by atoms with van der Waals surface area (Å²) in [4.78, 5) is 4.09. The Morgan fingerprint density at radius 2 is 2.33 bits per heavy atom. The van der Waals surface area contributed by atoms with Gasteiger partial charge in [0.15, 0.2) is 0 Å². The molecule has 0 saturated carbocycles. The number of aromatic amines is 1. The molecule has 5 nitrogen and oxygen atoms in total. The standard InChI is InChI=1S/C10H20N4O/c1-8(9-12-7-13-14-9)11-6-5-10(2,3)15-4/h7-8,11H,5-6H2,1-4H3,(H,12,13,14). The minimum absolute atomic E-state index is 0.0753. The lowest BCUT2D eigenvalue weighted by Gasteiger charge is -2.23. The van der Waals surface area contributed by atoms with Crippen molar-refractivity contribution in [1.82, 2.24) is 20.5 Å². The molecule has 0 bridgehead atoms. The van der Waals surface area contributed by atoms with E-state index < -0.39 is 0 Å². The monoisotopic (exact) mass is 212 g/mol. The lowest BCUT2D eigenvalue weighted by atomic mass is 10.1. The molecule has 0 spiro atoms. The Morgan fingerprint density at radius 3 is 2.87 bits per heavy atom. The topological polar surface area (TPSA) is 62.8 Å². The highest BCUT2D eigenvalue weighted by atomic mass is 16.5. The molecule has 0 aliphatic rings. The third kappa shape index (κ3) is 3.97. The molecule has 1 rings (SSSR count). The van der Waals surface area contributed by atoms with Gasteiger partial charge in [-0.15, -0.1) is 0 Å². The van der Waals surface area contributed by atoms with Gasteiger partial charge in [-0.25, -0.2) is 4.98 Å². The quantitative estimate of drug-likeness (QED) is 0.745. The summed E-state index contributed by atoms with van der Waals surface area (Å²) in [6, 6.07) is 0.195. The number of nitrogens with zero attached hydrogens (tertiary/aromatic N) is 2. The maximum absolute atomic E-state index is 5.33. The van der Waals surface area contributed by atoms with Crippen LogP contribution in [0.15, 0.2) is 6.33 Å². The SMILES string of the molecule is COC(C)(C)CCNC(C)c1ncn[nH]1. The summed E-state index contributed by atoms with van der Waals surface area (Å²) >= 11 is 0. The van der Waals surface area contributed by atoms with Gasteiger partial charge < -0.3 is 10.1 Å². The third-order valence-electron chi connectivity index (χ3n) is 2.57. The first kappa shape index (κ1) is 12.1. The van der Waals surface area contributed by atoms with Crippen LogP contribution in [0.4, 0.5) is 0 Å². The Hall–Kier alpha value is -0.940. The van der Waals surface area contributed by atoms with Gasteiger partial charge in [0.05, 0.1) is 11.6 Å². The van der Waals surface area contributed by atoms with Gasteiger partial charge in [-0.2, -0.15) is 5.10 Å². The van der Waals surface area contributed by atoms with E-state index in [1.54, 1.807) is 7.11 Å². The van der Waals surface area contributed by atoms with Gasteiger partial charge in [0.25, 0.3) is 0 Å². The predicted octanol–water partition coefficient (Wildman–Crippen LogP) is 1.27. The van der Waals surface area contributed by atoms with E-state index >= 15 is 0 Å². The summed E-state index contributed by atoms with van der Waals surface area (Å²) in [5.41, 5.74) is -0.0753. The average molecular weight is 212 g/mol. The van der Waals surface area contributed by atoms with Crippen LogP contribution in [0.2, 0.25) is 0 Å². The molecule has 15 heavy (non-hydrogen) atoms. The highest BCUT2D eigenvalue weighted by Gasteiger charge is 2.16. The first-order chi connectivity index (χ1) is 7.05. The summed E-state index contributed by atoms with van der Waals surface area (Å²) < 4.78 is 5.33. The van der Waals surface area contributed by atoms with Crippen LogP contribution in [0.5, 0.6) is 0 Å². The van der Waals surface area contributed by atoms with E-state index in [4.69, 9.17) is 4.74 Å². The molecule has 0 radical (unpaired) electrons. The molecule has 2 N–H and O–H groups in total. The summed E-state index contributed by atoms with van der Waals surface area (Å²) in [6.45, 7) is 7.10. The molecule has 86 valence electrons. The van der Waals surface area contributed by atoms with Crippen LogP contribution in [0.3, 0.4) is 0 Å². The molecule has 1 unspecified atom stereocenters. The van der Waals surface area contributed by atoms with E-state index in [2.05, 4.69) is 41.3 Å². The zero-order valence-corrected chi connectivity index (χ0v) is 9.87. The molecule has 0 aliphatic heterocycles. The zero-order valence-electron chi connectivity index (χ0n) is 9.87. The van der Waals surface area contributed by atoms with E-state index in [0.717, 1.165) is 18.8 Å². The summed E-state index contributed by atoms with van der Waals surface area (Å²) in [7, 11) is 1.74. The van der Waals surface area contributed by atoms with Crippen LogP contribution in [-0.2, 0) is 4.74 Å². The van der Waals surface area contributed by atoms with Crippen molar-refractivity contribution in [1.29, 1.82) is 0 Å². The van der Waals surface area contributed by atoms with Gasteiger partial charge in [0, 0.05) is 7.11 Å². The number of methoxy groups -OCH3 is 1. The lowest BCUT2D eigenvalue weighted by Crippen LogP contribution is -2.30. The zero-order chi connectivity index (χ0) is 11.3. The van der Waals surface area contributed by atoms with Crippen molar-refractivity contribution in [2.75, 3.05) is 13.7 Å². The Morgan fingerprint density at radius 1 is 1.60 bits per heavy atom. The summed E-state index contributed by atoms with van der Waals surface area (Å²) in [5, 5.41) is 10.0. The number of H-pyrrole nitrogens is 1. The number of rotatable bonds is 6. The smallest absolute Gasteiger partial charge is 0.141 e. The third-order valence-corrected chi connectivity index (χ3v) is 2.57. The van der Waals surface area contributed by atoms with Crippen LogP contribution < -0.4 is 5.32 Å². The van der Waals surface area contributed by atoms with Gasteiger partial charge >= 0.3 is 0 Å². The van der Waals surface area contributed by atoms with Gasteiger partial charge in [-0.1, -0.05) is 0 Å². The second kappa shape index (κ2) is 5.23. The highest BCUT2D eigenvalue weighted by molar-refractivity contribution is 4.88. The molecule has 0 saturated heterocycles. The van der Waals surface area contributed by atoms with Crippen molar-refractivity contribution < 1.29 is 4.74 Å². The molecule has 1 aromatic heterocycles. The fourth-order valence-electron chi connectivity index (χ4n) is 1.21. The van der Waals surface area contributed by atoms with E-state index in [0.29, 0.717) is 0 Å². The molecular formula is C10H20N4O. The van der Waals surface area contributed by atoms with Gasteiger partial charge in [-0.05, 0) is 33.7 Å². The Balaban J connectivity index is 2.26. The average Bonchev–Trinajstić information content (AvgIpc) is 2.70. The number of hydrogen-bond donors (Lipinski definition) is 2. The minimum atomic E-state index is -0.0753. The summed E-state index contributed by atoms with van der Waals surface area (Å²) in [5.74, 6) is 0.866. The second-order valence-corrected chi connectivity index (χ2v) is 4.26. The Bertz CT molecular complexity index is 271. The first-order valence-electron chi connectivity index (χ1n) is 5.19. The maximum atomic E-state index is 5.33. The molecule has 0 fully saturated rings. The maximum Gasteiger partial charge on any atom is 0.141 e. The molecule has 1 heterocycles. The van der Waals surface area contributed by atoms with Crippen LogP contribution in [0.1, 0.15) is 39.1 Å². The van der Waals surface area contributed by atoms with Gasteiger partial charge in [0.2, 0.25) is 0 Å². The van der Waals surface area contributed by atoms with Crippen LogP contribution in [0.25, 0.3) is 0 Å². The molecule has 1 aromatic rings. The number of aromatic nitrogens is 3. The normalized spacial score (nSPS) is 14.1. The van der Waals surface area contributed by atoms with Gasteiger partial charge in [-0.3, -0.25) is 5.10 Å². The van der Waals surface area contributed by atoms with Crippen molar-refractivity contribution in [2.45, 2.75) is 38.8 Å². The second-order valence-electron chi connectivity index (χ2n) is 4.26. The molecule has 5 heteroatoms. The fraction of sp³-hybridized carbons (Fsp3) is 0.800. The first-order valence-corrected chi connectivity index (χ1v) is 5.19. The Kier molecular flexibility index (Phi) is 4.23. The van der Waals surface area contributed by atoms with Crippen LogP contribution in [-0.4, -0.2) is 34.4 Å². The molecule has 1 atom stereocenters. The molecule has 0 aromatic carbocycles. The number of nitrogens with one attached hydrogen (secondary N) is 2. The van der Waals surface area contributed by atoms with E-state index in [1.165, 1.54) is 6.33 Å². The number of hydrogen-bond acceptors (Lipinski definition) is 4. The van der Waals surface area contributed by atoms with Crippen molar-refractivity contribution >= 4 is 0 Å². The van der Waals surface area contributed by atoms with Crippen LogP contribution in [0, 0.1) is 0 Å². The molecule has 0 aliphatic carbocycles.